The normalized spacial score (nSPS) is 12.5. The molecule has 0 bridgehead atoms. The zero-order valence-corrected chi connectivity index (χ0v) is 11.6. The summed E-state index contributed by atoms with van der Waals surface area (Å²) in [6.45, 7) is 0.535. The second kappa shape index (κ2) is 11.6. The summed E-state index contributed by atoms with van der Waals surface area (Å²) in [5.41, 5.74) is 11.0. The molecule has 0 radical (unpaired) electrons. The lowest BCUT2D eigenvalue weighted by molar-refractivity contribution is -0.757. The van der Waals surface area contributed by atoms with E-state index >= 15 is 0 Å². The fraction of sp³-hybridized carbons (Fsp3) is 0.727. The third-order valence-corrected chi connectivity index (χ3v) is 2.37. The molecule has 0 saturated heterocycles. The van der Waals surface area contributed by atoms with E-state index in [0.717, 1.165) is 0 Å². The molecular formula is C11H20N4O6. The Hall–Kier alpha value is -2.23. The van der Waals surface area contributed by atoms with E-state index in [0.29, 0.717) is 19.4 Å². The van der Waals surface area contributed by atoms with Crippen molar-refractivity contribution in [2.24, 2.45) is 16.5 Å². The van der Waals surface area contributed by atoms with Gasteiger partial charge in [-0.1, -0.05) is 0 Å². The Morgan fingerprint density at radius 3 is 2.76 bits per heavy atom. The number of rotatable bonds is 13. The van der Waals surface area contributed by atoms with Gasteiger partial charge in [0.05, 0.1) is 13.0 Å². The van der Waals surface area contributed by atoms with Crippen LogP contribution in [0.5, 0.6) is 0 Å². The number of carbonyl (C=O) groups excluding carboxylic acids is 2. The number of aliphatic imine (C=N–C) groups is 1. The Bertz CT molecular complexity index is 374. The largest absolute Gasteiger partial charge is 0.449 e. The molecule has 1 atom stereocenters. The minimum atomic E-state index is -0.903. The van der Waals surface area contributed by atoms with E-state index in [1.165, 1.54) is 0 Å². The second-order valence-electron chi connectivity index (χ2n) is 4.16. The van der Waals surface area contributed by atoms with Crippen molar-refractivity contribution in [3.63, 3.8) is 0 Å². The highest BCUT2D eigenvalue weighted by Gasteiger charge is 2.06. The predicted octanol–water partition coefficient (Wildman–Crippen LogP) is -0.471. The van der Waals surface area contributed by atoms with Crippen LogP contribution in [-0.4, -0.2) is 42.6 Å². The van der Waals surface area contributed by atoms with Gasteiger partial charge in [0, 0.05) is 13.0 Å². The average Bonchev–Trinajstić information content (AvgIpc) is 2.40. The third-order valence-electron chi connectivity index (χ3n) is 2.37. The number of nitrogens with two attached hydrogens (primary N) is 2. The van der Waals surface area contributed by atoms with E-state index in [1.807, 2.05) is 0 Å². The summed E-state index contributed by atoms with van der Waals surface area (Å²) in [4.78, 5) is 39.4. The molecule has 0 aliphatic carbocycles. The number of nitrogens with zero attached hydrogens (tertiary/aromatic N) is 2. The lowest BCUT2D eigenvalue weighted by Gasteiger charge is -2.07. The Labute approximate surface area is 121 Å². The molecule has 120 valence electrons. The number of carbonyl (C=O) groups is 2. The van der Waals surface area contributed by atoms with Crippen molar-refractivity contribution in [1.29, 1.82) is 0 Å². The van der Waals surface area contributed by atoms with Gasteiger partial charge < -0.3 is 15.3 Å². The maximum absolute atomic E-state index is 11.5. The number of Topliss-reactive ketones (excluding diaryl/α,β-unsaturated/α-hetero) is 1. The zero-order valence-electron chi connectivity index (χ0n) is 11.6. The van der Waals surface area contributed by atoms with Crippen LogP contribution in [0.4, 0.5) is 0 Å². The van der Waals surface area contributed by atoms with E-state index in [9.17, 15) is 19.7 Å². The highest BCUT2D eigenvalue weighted by Crippen LogP contribution is 1.99. The first-order chi connectivity index (χ1) is 9.95. The van der Waals surface area contributed by atoms with Crippen LogP contribution in [0.3, 0.4) is 0 Å². The standard InChI is InChI=1S/C11H20N4O6/c12-10(14-5-1-4-11(13)20-8-16)7-9(17)3-2-6-21-15(18)19/h8,11H,1-7,13H2,(H2,12,14). The van der Waals surface area contributed by atoms with Crippen molar-refractivity contribution in [2.45, 2.75) is 38.3 Å². The van der Waals surface area contributed by atoms with Gasteiger partial charge in [0.25, 0.3) is 11.6 Å². The summed E-state index contributed by atoms with van der Waals surface area (Å²) in [7, 11) is 0. The van der Waals surface area contributed by atoms with Gasteiger partial charge in [-0.05, 0) is 19.3 Å². The van der Waals surface area contributed by atoms with Gasteiger partial charge >= 0.3 is 0 Å². The Morgan fingerprint density at radius 2 is 2.14 bits per heavy atom. The summed E-state index contributed by atoms with van der Waals surface area (Å²) in [5, 5.41) is 8.98. The molecule has 0 saturated carbocycles. The minimum absolute atomic E-state index is 0.00461. The van der Waals surface area contributed by atoms with Crippen LogP contribution < -0.4 is 11.5 Å². The number of hydrogen-bond donors (Lipinski definition) is 2. The van der Waals surface area contributed by atoms with Crippen molar-refractivity contribution >= 4 is 18.1 Å². The summed E-state index contributed by atoms with van der Waals surface area (Å²) in [6.07, 6.45) is 0.743. The number of hydrogen-bond acceptors (Lipinski definition) is 8. The van der Waals surface area contributed by atoms with Crippen LogP contribution in [0, 0.1) is 10.1 Å². The third kappa shape index (κ3) is 12.5. The molecule has 4 N–H and O–H groups in total. The minimum Gasteiger partial charge on any atom is -0.449 e. The Morgan fingerprint density at radius 1 is 1.43 bits per heavy atom. The molecule has 0 spiro atoms. The Kier molecular flexibility index (Phi) is 10.4. The van der Waals surface area contributed by atoms with E-state index in [2.05, 4.69) is 14.6 Å². The van der Waals surface area contributed by atoms with Gasteiger partial charge in [-0.25, -0.2) is 0 Å². The van der Waals surface area contributed by atoms with Crippen LogP contribution in [0.25, 0.3) is 0 Å². The first kappa shape index (κ1) is 18.8. The fourth-order valence-electron chi connectivity index (χ4n) is 1.41. The fourth-order valence-corrected chi connectivity index (χ4v) is 1.41. The van der Waals surface area contributed by atoms with Crippen LogP contribution in [-0.2, 0) is 19.2 Å². The average molecular weight is 304 g/mol. The summed E-state index contributed by atoms with van der Waals surface area (Å²) < 4.78 is 4.49. The zero-order chi connectivity index (χ0) is 16.1. The van der Waals surface area contributed by atoms with Gasteiger partial charge in [0.1, 0.15) is 11.6 Å². The van der Waals surface area contributed by atoms with Gasteiger partial charge in [0.15, 0.2) is 6.23 Å². The van der Waals surface area contributed by atoms with E-state index in [-0.39, 0.29) is 44.0 Å². The lowest BCUT2D eigenvalue weighted by atomic mass is 10.1. The quantitative estimate of drug-likeness (QED) is 0.0877. The van der Waals surface area contributed by atoms with Gasteiger partial charge in [-0.15, -0.1) is 10.1 Å². The molecule has 10 heteroatoms. The molecular weight excluding hydrogens is 284 g/mol. The summed E-state index contributed by atoms with van der Waals surface area (Å²) in [6, 6.07) is 0. The van der Waals surface area contributed by atoms with E-state index < -0.39 is 11.3 Å². The monoisotopic (exact) mass is 304 g/mol. The molecule has 0 aromatic carbocycles. The van der Waals surface area contributed by atoms with Crippen LogP contribution in [0.2, 0.25) is 0 Å². The van der Waals surface area contributed by atoms with Crippen LogP contribution in [0.1, 0.15) is 32.1 Å². The first-order valence-electron chi connectivity index (χ1n) is 6.38. The maximum Gasteiger partial charge on any atom is 0.294 e. The summed E-state index contributed by atoms with van der Waals surface area (Å²) in [5.74, 6) is 0.0317. The molecule has 1 unspecified atom stereocenters. The SMILES string of the molecule is NC(CC(=O)CCCO[N+](=O)[O-])=NCCCC(N)OC=O. The number of amidine groups is 1. The molecule has 0 aliphatic heterocycles. The van der Waals surface area contributed by atoms with Crippen molar-refractivity contribution in [3.8, 4) is 0 Å². The molecule has 10 nitrogen and oxygen atoms in total. The molecule has 0 fully saturated rings. The molecule has 21 heavy (non-hydrogen) atoms. The Balaban J connectivity index is 3.72. The summed E-state index contributed by atoms with van der Waals surface area (Å²) >= 11 is 0. The molecule has 0 rings (SSSR count). The van der Waals surface area contributed by atoms with Crippen LogP contribution >= 0.6 is 0 Å². The molecule has 0 aromatic rings. The maximum atomic E-state index is 11.5. The topological polar surface area (TPSA) is 160 Å². The van der Waals surface area contributed by atoms with Crippen molar-refractivity contribution < 1.29 is 24.3 Å². The number of ether oxygens (including phenoxy) is 1. The first-order valence-corrected chi connectivity index (χ1v) is 6.38. The molecule has 0 aliphatic rings. The van der Waals surface area contributed by atoms with Crippen molar-refractivity contribution in [3.05, 3.63) is 10.1 Å². The smallest absolute Gasteiger partial charge is 0.294 e. The second-order valence-corrected chi connectivity index (χ2v) is 4.16. The van der Waals surface area contributed by atoms with E-state index in [1.54, 1.807) is 0 Å². The van der Waals surface area contributed by atoms with Gasteiger partial charge in [-0.2, -0.15) is 0 Å². The molecule has 0 amide bonds. The molecule has 0 aromatic heterocycles. The van der Waals surface area contributed by atoms with Gasteiger partial charge in [-0.3, -0.25) is 20.3 Å². The van der Waals surface area contributed by atoms with Gasteiger partial charge in [0.2, 0.25) is 0 Å². The molecule has 0 heterocycles. The van der Waals surface area contributed by atoms with Crippen molar-refractivity contribution in [2.75, 3.05) is 13.2 Å². The van der Waals surface area contributed by atoms with Crippen molar-refractivity contribution in [1.82, 2.24) is 0 Å². The highest BCUT2D eigenvalue weighted by atomic mass is 16.9. The highest BCUT2D eigenvalue weighted by molar-refractivity contribution is 5.99. The van der Waals surface area contributed by atoms with Crippen LogP contribution in [0.15, 0.2) is 4.99 Å². The number of ketones is 1. The predicted molar refractivity (Wildman–Crippen MR) is 72.7 cm³/mol. The lowest BCUT2D eigenvalue weighted by Crippen LogP contribution is -2.23. The van der Waals surface area contributed by atoms with E-state index in [4.69, 9.17) is 11.5 Å².